The number of nitrogens with zero attached hydrogens (tertiary/aromatic N) is 5. The Bertz CT molecular complexity index is 818. The van der Waals surface area contributed by atoms with Crippen molar-refractivity contribution in [2.45, 2.75) is 25.8 Å². The lowest BCUT2D eigenvalue weighted by atomic mass is 9.97. The van der Waals surface area contributed by atoms with E-state index in [-0.39, 0.29) is 11.9 Å². The molecule has 4 heterocycles. The van der Waals surface area contributed by atoms with Crippen molar-refractivity contribution in [1.82, 2.24) is 19.8 Å². The second-order valence-corrected chi connectivity index (χ2v) is 8.24. The lowest BCUT2D eigenvalue weighted by molar-refractivity contribution is -0.135. The van der Waals surface area contributed by atoms with Gasteiger partial charge in [-0.25, -0.2) is 0 Å². The molecule has 28 heavy (non-hydrogen) atoms. The largest absolute Gasteiger partial charge is 0.480 e. The number of fused-ring (bicyclic) bond motifs is 1. The number of hydrogen-bond acceptors (Lipinski definition) is 7. The second-order valence-electron chi connectivity index (χ2n) is 7.24. The standard InChI is InChI=1S/C20H27N5O2S/c1-3-16-15-5-11-28-17(15)4-6-25(16)20(26)14-23-7-9-24(10-8-23)18-12-21-13-19(22-18)27-2/h5,11-13,16H,3-4,6-10,14H2,1-2H3. The zero-order valence-electron chi connectivity index (χ0n) is 16.5. The zero-order chi connectivity index (χ0) is 19.5. The number of methoxy groups -OCH3 is 1. The monoisotopic (exact) mass is 401 g/mol. The molecule has 0 N–H and O–H groups in total. The average Bonchev–Trinajstić information content (AvgIpc) is 3.22. The van der Waals surface area contributed by atoms with E-state index in [9.17, 15) is 4.79 Å². The fraction of sp³-hybridized carbons (Fsp3) is 0.550. The van der Waals surface area contributed by atoms with Crippen molar-refractivity contribution in [2.75, 3.05) is 51.3 Å². The van der Waals surface area contributed by atoms with Crippen molar-refractivity contribution in [3.8, 4) is 5.88 Å². The second kappa shape index (κ2) is 8.45. The first kappa shape index (κ1) is 19.1. The summed E-state index contributed by atoms with van der Waals surface area (Å²) in [7, 11) is 1.60. The molecule has 7 nitrogen and oxygen atoms in total. The fourth-order valence-corrected chi connectivity index (χ4v) is 5.07. The first-order chi connectivity index (χ1) is 13.7. The summed E-state index contributed by atoms with van der Waals surface area (Å²) in [6.07, 6.45) is 5.33. The smallest absolute Gasteiger partial charge is 0.237 e. The van der Waals surface area contributed by atoms with E-state index in [1.807, 2.05) is 11.3 Å². The van der Waals surface area contributed by atoms with Crippen LogP contribution in [0.4, 0.5) is 5.82 Å². The van der Waals surface area contributed by atoms with Crippen LogP contribution < -0.4 is 9.64 Å². The number of amides is 1. The van der Waals surface area contributed by atoms with Gasteiger partial charge in [0.15, 0.2) is 5.82 Å². The zero-order valence-corrected chi connectivity index (χ0v) is 17.3. The van der Waals surface area contributed by atoms with Crippen LogP contribution in [-0.4, -0.2) is 72.1 Å². The van der Waals surface area contributed by atoms with Crippen LogP contribution in [0.3, 0.4) is 0 Å². The van der Waals surface area contributed by atoms with E-state index >= 15 is 0 Å². The molecule has 150 valence electrons. The molecule has 1 unspecified atom stereocenters. The van der Waals surface area contributed by atoms with Gasteiger partial charge >= 0.3 is 0 Å². The third-order valence-corrected chi connectivity index (χ3v) is 6.66. The maximum absolute atomic E-state index is 13.0. The molecule has 2 aromatic rings. The molecule has 4 rings (SSSR count). The van der Waals surface area contributed by atoms with Crippen LogP contribution in [-0.2, 0) is 11.2 Å². The predicted octanol–water partition coefficient (Wildman–Crippen LogP) is 2.20. The summed E-state index contributed by atoms with van der Waals surface area (Å²) >= 11 is 1.82. The van der Waals surface area contributed by atoms with E-state index in [1.165, 1.54) is 10.4 Å². The Hall–Kier alpha value is -2.19. The minimum Gasteiger partial charge on any atom is -0.480 e. The van der Waals surface area contributed by atoms with Gasteiger partial charge in [0.2, 0.25) is 11.8 Å². The van der Waals surface area contributed by atoms with Crippen LogP contribution in [0.25, 0.3) is 0 Å². The molecular formula is C20H27N5O2S. The maximum Gasteiger partial charge on any atom is 0.237 e. The van der Waals surface area contributed by atoms with Crippen molar-refractivity contribution < 1.29 is 9.53 Å². The normalized spacial score (nSPS) is 20.1. The third-order valence-electron chi connectivity index (χ3n) is 5.67. The number of thiophene rings is 1. The number of ether oxygens (including phenoxy) is 1. The molecule has 0 radical (unpaired) electrons. The van der Waals surface area contributed by atoms with Gasteiger partial charge in [0, 0.05) is 37.6 Å². The number of anilines is 1. The Balaban J connectivity index is 1.34. The van der Waals surface area contributed by atoms with E-state index in [4.69, 9.17) is 4.74 Å². The molecule has 1 fully saturated rings. The van der Waals surface area contributed by atoms with Gasteiger partial charge in [0.25, 0.3) is 0 Å². The van der Waals surface area contributed by atoms with Gasteiger partial charge in [0.05, 0.1) is 32.1 Å². The number of hydrogen-bond donors (Lipinski definition) is 0. The maximum atomic E-state index is 13.0. The molecule has 0 aromatic carbocycles. The Labute approximate surface area is 169 Å². The Morgan fingerprint density at radius 1 is 1.25 bits per heavy atom. The van der Waals surface area contributed by atoms with Crippen LogP contribution in [0.15, 0.2) is 23.8 Å². The van der Waals surface area contributed by atoms with Gasteiger partial charge < -0.3 is 14.5 Å². The quantitative estimate of drug-likeness (QED) is 0.766. The van der Waals surface area contributed by atoms with Crippen molar-refractivity contribution in [1.29, 1.82) is 0 Å². The van der Waals surface area contributed by atoms with E-state index in [1.54, 1.807) is 19.5 Å². The summed E-state index contributed by atoms with van der Waals surface area (Å²) < 4.78 is 5.17. The van der Waals surface area contributed by atoms with Crippen LogP contribution in [0, 0.1) is 0 Å². The summed E-state index contributed by atoms with van der Waals surface area (Å²) in [5, 5.41) is 2.15. The van der Waals surface area contributed by atoms with Gasteiger partial charge in [-0.2, -0.15) is 4.98 Å². The molecule has 0 bridgehead atoms. The molecule has 0 aliphatic carbocycles. The molecule has 1 saturated heterocycles. The highest BCUT2D eigenvalue weighted by Crippen LogP contribution is 2.35. The number of piperazine rings is 1. The van der Waals surface area contributed by atoms with Crippen LogP contribution in [0.2, 0.25) is 0 Å². The summed E-state index contributed by atoms with van der Waals surface area (Å²) in [5.41, 5.74) is 1.36. The van der Waals surface area contributed by atoms with E-state index < -0.39 is 0 Å². The summed E-state index contributed by atoms with van der Waals surface area (Å²) in [6.45, 7) is 6.86. The molecule has 8 heteroatoms. The third kappa shape index (κ3) is 3.84. The Morgan fingerprint density at radius 3 is 2.82 bits per heavy atom. The highest BCUT2D eigenvalue weighted by Gasteiger charge is 2.31. The van der Waals surface area contributed by atoms with Crippen LogP contribution in [0.5, 0.6) is 5.88 Å². The van der Waals surface area contributed by atoms with E-state index in [0.717, 1.165) is 51.4 Å². The number of rotatable bonds is 5. The van der Waals surface area contributed by atoms with Crippen molar-refractivity contribution >= 4 is 23.1 Å². The first-order valence-corrected chi connectivity index (χ1v) is 10.8. The minimum atomic E-state index is 0.232. The van der Waals surface area contributed by atoms with Crippen LogP contribution >= 0.6 is 11.3 Å². The van der Waals surface area contributed by atoms with Gasteiger partial charge in [-0.1, -0.05) is 6.92 Å². The van der Waals surface area contributed by atoms with Crippen molar-refractivity contribution in [2.24, 2.45) is 0 Å². The van der Waals surface area contributed by atoms with E-state index in [0.29, 0.717) is 12.4 Å². The predicted molar refractivity (Wildman–Crippen MR) is 110 cm³/mol. The molecule has 2 aliphatic rings. The minimum absolute atomic E-state index is 0.232. The number of aromatic nitrogens is 2. The van der Waals surface area contributed by atoms with Crippen molar-refractivity contribution in [3.05, 3.63) is 34.3 Å². The van der Waals surface area contributed by atoms with E-state index in [2.05, 4.69) is 43.0 Å². The topological polar surface area (TPSA) is 61.8 Å². The summed E-state index contributed by atoms with van der Waals surface area (Å²) in [6, 6.07) is 2.43. The Kier molecular flexibility index (Phi) is 5.77. The molecular weight excluding hydrogens is 374 g/mol. The van der Waals surface area contributed by atoms with Gasteiger partial charge in [-0.15, -0.1) is 11.3 Å². The molecule has 0 saturated carbocycles. The summed E-state index contributed by atoms with van der Waals surface area (Å²) in [4.78, 5) is 29.7. The highest BCUT2D eigenvalue weighted by atomic mass is 32.1. The van der Waals surface area contributed by atoms with Gasteiger partial charge in [-0.05, 0) is 29.9 Å². The summed E-state index contributed by atoms with van der Waals surface area (Å²) in [5.74, 6) is 1.61. The first-order valence-electron chi connectivity index (χ1n) is 9.88. The molecule has 1 atom stereocenters. The Morgan fingerprint density at radius 2 is 2.07 bits per heavy atom. The molecule has 2 aliphatic heterocycles. The lowest BCUT2D eigenvalue weighted by Gasteiger charge is -2.39. The SMILES string of the molecule is CCC1c2ccsc2CCN1C(=O)CN1CCN(c2cncc(OC)n2)CC1. The van der Waals surface area contributed by atoms with Crippen LogP contribution in [0.1, 0.15) is 29.8 Å². The van der Waals surface area contributed by atoms with Gasteiger partial charge in [0.1, 0.15) is 0 Å². The molecule has 2 aromatic heterocycles. The van der Waals surface area contributed by atoms with Gasteiger partial charge in [-0.3, -0.25) is 14.7 Å². The average molecular weight is 402 g/mol. The fourth-order valence-electron chi connectivity index (χ4n) is 4.14. The highest BCUT2D eigenvalue weighted by molar-refractivity contribution is 7.10. The lowest BCUT2D eigenvalue weighted by Crippen LogP contribution is -2.51. The molecule has 1 amide bonds. The number of carbonyl (C=O) groups excluding carboxylic acids is 1. The number of carbonyl (C=O) groups is 1. The van der Waals surface area contributed by atoms with Crippen molar-refractivity contribution in [3.63, 3.8) is 0 Å². The molecule has 0 spiro atoms.